The maximum absolute atomic E-state index is 12.4. The minimum absolute atomic E-state index is 0.0327. The molecule has 1 unspecified atom stereocenters. The number of nitrogens with one attached hydrogen (secondary N) is 1. The summed E-state index contributed by atoms with van der Waals surface area (Å²) in [6.07, 6.45) is 5.39. The quantitative estimate of drug-likeness (QED) is 0.919. The highest BCUT2D eigenvalue weighted by Gasteiger charge is 2.28. The number of hydrogen-bond acceptors (Lipinski definition) is 3. The second kappa shape index (κ2) is 7.79. The molecule has 3 rings (SSSR count). The predicted molar refractivity (Wildman–Crippen MR) is 93.7 cm³/mol. The Labute approximate surface area is 144 Å². The zero-order chi connectivity index (χ0) is 16.9. The molecule has 1 aromatic carbocycles. The molecule has 0 radical (unpaired) electrons. The number of nitrogens with zero attached hydrogens (tertiary/aromatic N) is 2. The van der Waals surface area contributed by atoms with Crippen LogP contribution in [0.4, 0.5) is 0 Å². The number of benzene rings is 1. The van der Waals surface area contributed by atoms with E-state index in [1.165, 1.54) is 0 Å². The average Bonchev–Trinajstić information content (AvgIpc) is 3.16. The van der Waals surface area contributed by atoms with Crippen molar-refractivity contribution < 1.29 is 9.59 Å². The number of amides is 2. The lowest BCUT2D eigenvalue weighted by molar-refractivity contribution is -0.127. The van der Waals surface area contributed by atoms with E-state index in [0.29, 0.717) is 0 Å². The lowest BCUT2D eigenvalue weighted by atomic mass is 10.00. The summed E-state index contributed by atoms with van der Waals surface area (Å²) in [5.74, 6) is 0.246. The van der Waals surface area contributed by atoms with Gasteiger partial charge in [0, 0.05) is 32.2 Å². The van der Waals surface area contributed by atoms with Crippen molar-refractivity contribution in [3.8, 4) is 0 Å². The van der Waals surface area contributed by atoms with Gasteiger partial charge in [0.25, 0.3) is 5.91 Å². The second-order valence-corrected chi connectivity index (χ2v) is 6.79. The zero-order valence-corrected chi connectivity index (χ0v) is 14.5. The van der Waals surface area contributed by atoms with Crippen molar-refractivity contribution in [3.05, 3.63) is 35.4 Å². The molecule has 2 amide bonds. The number of likely N-dealkylation sites (N-methyl/N-ethyl adjacent to an activating group) is 1. The van der Waals surface area contributed by atoms with Crippen molar-refractivity contribution in [1.82, 2.24) is 15.1 Å². The van der Waals surface area contributed by atoms with Crippen LogP contribution in [0.3, 0.4) is 0 Å². The molecule has 0 bridgehead atoms. The van der Waals surface area contributed by atoms with Crippen molar-refractivity contribution in [2.75, 3.05) is 26.7 Å². The van der Waals surface area contributed by atoms with Gasteiger partial charge >= 0.3 is 0 Å². The fraction of sp³-hybridized carbons (Fsp3) is 0.579. The normalized spacial score (nSPS) is 21.7. The Kier molecular flexibility index (Phi) is 5.51. The maximum Gasteiger partial charge on any atom is 0.253 e. The lowest BCUT2D eigenvalue weighted by Crippen LogP contribution is -2.48. The molecule has 5 nitrogen and oxygen atoms in total. The molecule has 2 saturated heterocycles. The Morgan fingerprint density at radius 1 is 1.04 bits per heavy atom. The summed E-state index contributed by atoms with van der Waals surface area (Å²) in [7, 11) is 1.70. The highest BCUT2D eigenvalue weighted by molar-refractivity contribution is 5.94. The fourth-order valence-corrected chi connectivity index (χ4v) is 3.73. The molecule has 2 aliphatic heterocycles. The van der Waals surface area contributed by atoms with Crippen LogP contribution in [0.25, 0.3) is 0 Å². The molecular formula is C19H27N3O2. The lowest BCUT2D eigenvalue weighted by Gasteiger charge is -2.34. The Morgan fingerprint density at radius 3 is 2.38 bits per heavy atom. The Hall–Kier alpha value is -1.88. The standard InChI is InChI=1S/C19H27N3O2/c1-20-18(23)17-6-2-3-13-22(17)14-15-7-9-16(10-8-15)19(24)21-11-4-5-12-21/h7-10,17H,2-6,11-14H2,1H3,(H,20,23). The molecule has 0 saturated carbocycles. The smallest absolute Gasteiger partial charge is 0.253 e. The molecule has 2 heterocycles. The molecule has 0 aliphatic carbocycles. The first-order valence-electron chi connectivity index (χ1n) is 9.03. The summed E-state index contributed by atoms with van der Waals surface area (Å²) in [5, 5.41) is 2.77. The van der Waals surface area contributed by atoms with Crippen LogP contribution in [0.1, 0.15) is 48.0 Å². The van der Waals surface area contributed by atoms with Crippen molar-refractivity contribution >= 4 is 11.8 Å². The molecule has 0 spiro atoms. The van der Waals surface area contributed by atoms with E-state index in [1.54, 1.807) is 7.05 Å². The number of piperidine rings is 1. The van der Waals surface area contributed by atoms with E-state index in [0.717, 1.165) is 69.4 Å². The van der Waals surface area contributed by atoms with Gasteiger partial charge in [-0.1, -0.05) is 18.6 Å². The largest absolute Gasteiger partial charge is 0.358 e. The summed E-state index contributed by atoms with van der Waals surface area (Å²) in [4.78, 5) is 28.6. The van der Waals surface area contributed by atoms with E-state index in [-0.39, 0.29) is 17.9 Å². The molecule has 24 heavy (non-hydrogen) atoms. The van der Waals surface area contributed by atoms with E-state index in [1.807, 2.05) is 29.2 Å². The predicted octanol–water partition coefficient (Wildman–Crippen LogP) is 2.02. The van der Waals surface area contributed by atoms with Gasteiger partial charge in [-0.25, -0.2) is 0 Å². The SMILES string of the molecule is CNC(=O)C1CCCCN1Cc1ccc(C(=O)N2CCCC2)cc1. The van der Waals surface area contributed by atoms with Gasteiger partial charge in [-0.05, 0) is 49.9 Å². The minimum atomic E-state index is -0.0327. The van der Waals surface area contributed by atoms with Crippen molar-refractivity contribution in [3.63, 3.8) is 0 Å². The second-order valence-electron chi connectivity index (χ2n) is 6.79. The van der Waals surface area contributed by atoms with E-state index in [2.05, 4.69) is 10.2 Å². The minimum Gasteiger partial charge on any atom is -0.358 e. The molecular weight excluding hydrogens is 302 g/mol. The van der Waals surface area contributed by atoms with Gasteiger partial charge < -0.3 is 10.2 Å². The van der Waals surface area contributed by atoms with Gasteiger partial charge in [-0.2, -0.15) is 0 Å². The maximum atomic E-state index is 12.4. The zero-order valence-electron chi connectivity index (χ0n) is 14.5. The molecule has 0 aromatic heterocycles. The first-order chi connectivity index (χ1) is 11.7. The van der Waals surface area contributed by atoms with Crippen LogP contribution in [0.2, 0.25) is 0 Å². The Morgan fingerprint density at radius 2 is 1.71 bits per heavy atom. The van der Waals surface area contributed by atoms with Gasteiger partial charge in [0.05, 0.1) is 6.04 Å². The number of likely N-dealkylation sites (tertiary alicyclic amines) is 2. The highest BCUT2D eigenvalue weighted by Crippen LogP contribution is 2.20. The summed E-state index contributed by atoms with van der Waals surface area (Å²) in [6.45, 7) is 3.47. The monoisotopic (exact) mass is 329 g/mol. The number of rotatable bonds is 4. The Bertz CT molecular complexity index is 579. The third kappa shape index (κ3) is 3.78. The summed E-state index contributed by atoms with van der Waals surface area (Å²) in [5.41, 5.74) is 1.92. The van der Waals surface area contributed by atoms with Crippen molar-refractivity contribution in [2.24, 2.45) is 0 Å². The molecule has 130 valence electrons. The van der Waals surface area contributed by atoms with E-state index < -0.39 is 0 Å². The Balaban J connectivity index is 1.64. The summed E-state index contributed by atoms with van der Waals surface area (Å²) < 4.78 is 0. The van der Waals surface area contributed by atoms with Crippen molar-refractivity contribution in [2.45, 2.75) is 44.7 Å². The molecule has 1 aromatic rings. The van der Waals surface area contributed by atoms with Crippen LogP contribution >= 0.6 is 0 Å². The summed E-state index contributed by atoms with van der Waals surface area (Å²) in [6, 6.07) is 7.87. The van der Waals surface area contributed by atoms with Crippen LogP contribution in [-0.2, 0) is 11.3 Å². The van der Waals surface area contributed by atoms with Gasteiger partial charge in [-0.15, -0.1) is 0 Å². The van der Waals surface area contributed by atoms with Crippen LogP contribution in [0, 0.1) is 0 Å². The molecule has 1 atom stereocenters. The van der Waals surface area contributed by atoms with E-state index in [4.69, 9.17) is 0 Å². The van der Waals surface area contributed by atoms with Crippen molar-refractivity contribution in [1.29, 1.82) is 0 Å². The van der Waals surface area contributed by atoms with E-state index in [9.17, 15) is 9.59 Å². The van der Waals surface area contributed by atoms with Crippen LogP contribution in [0.15, 0.2) is 24.3 Å². The first-order valence-corrected chi connectivity index (χ1v) is 9.03. The van der Waals surface area contributed by atoms with Crippen LogP contribution in [-0.4, -0.2) is 54.3 Å². The molecule has 2 fully saturated rings. The molecule has 5 heteroatoms. The van der Waals surface area contributed by atoms with Gasteiger partial charge in [0.2, 0.25) is 5.91 Å². The molecule has 2 aliphatic rings. The topological polar surface area (TPSA) is 52.7 Å². The number of carbonyl (C=O) groups excluding carboxylic acids is 2. The van der Waals surface area contributed by atoms with Crippen LogP contribution < -0.4 is 5.32 Å². The van der Waals surface area contributed by atoms with E-state index >= 15 is 0 Å². The fourth-order valence-electron chi connectivity index (χ4n) is 3.73. The average molecular weight is 329 g/mol. The summed E-state index contributed by atoms with van der Waals surface area (Å²) >= 11 is 0. The number of hydrogen-bond donors (Lipinski definition) is 1. The van der Waals surface area contributed by atoms with Gasteiger partial charge in [-0.3, -0.25) is 14.5 Å². The highest BCUT2D eigenvalue weighted by atomic mass is 16.2. The number of carbonyl (C=O) groups is 2. The third-order valence-corrected chi connectivity index (χ3v) is 5.14. The van der Waals surface area contributed by atoms with Crippen LogP contribution in [0.5, 0.6) is 0 Å². The molecule has 1 N–H and O–H groups in total. The first kappa shape index (κ1) is 17.0. The van der Waals surface area contributed by atoms with Gasteiger partial charge in [0.1, 0.15) is 0 Å². The third-order valence-electron chi connectivity index (χ3n) is 5.14. The van der Waals surface area contributed by atoms with Gasteiger partial charge in [0.15, 0.2) is 0 Å².